The predicted molar refractivity (Wildman–Crippen MR) is 87.2 cm³/mol. The molecule has 0 atom stereocenters. The molecular weight excluding hydrogens is 280 g/mol. The van der Waals surface area contributed by atoms with Gasteiger partial charge < -0.3 is 20.9 Å². The van der Waals surface area contributed by atoms with Crippen LogP contribution in [0.3, 0.4) is 0 Å². The fourth-order valence-corrected chi connectivity index (χ4v) is 1.74. The average Bonchev–Trinajstić information content (AvgIpc) is 2.54. The van der Waals surface area contributed by atoms with Gasteiger partial charge in [-0.2, -0.15) is 5.10 Å². The smallest absolute Gasteiger partial charge is 0.211 e. The first-order valence-electron chi connectivity index (χ1n) is 6.65. The van der Waals surface area contributed by atoms with Crippen LogP contribution in [0.5, 0.6) is 11.5 Å². The Bertz CT molecular complexity index is 662. The summed E-state index contributed by atoms with van der Waals surface area (Å²) < 4.78 is 10.9. The summed E-state index contributed by atoms with van der Waals surface area (Å²) in [6.45, 7) is 0.471. The van der Waals surface area contributed by atoms with Gasteiger partial charge in [0.05, 0.1) is 13.3 Å². The molecule has 0 spiro atoms. The van der Waals surface area contributed by atoms with Gasteiger partial charge in [-0.05, 0) is 47.5 Å². The number of benzene rings is 2. The van der Waals surface area contributed by atoms with Crippen molar-refractivity contribution in [1.82, 2.24) is 0 Å². The van der Waals surface area contributed by atoms with Crippen molar-refractivity contribution in [3.8, 4) is 11.5 Å². The lowest BCUT2D eigenvalue weighted by molar-refractivity contribution is 0.305. The molecule has 0 saturated carbocycles. The Morgan fingerprint density at radius 2 is 1.86 bits per heavy atom. The van der Waals surface area contributed by atoms with Gasteiger partial charge >= 0.3 is 0 Å². The molecule has 2 aromatic rings. The zero-order valence-corrected chi connectivity index (χ0v) is 12.3. The zero-order valence-electron chi connectivity index (χ0n) is 12.3. The number of guanidine groups is 1. The minimum atomic E-state index is -0.0745. The van der Waals surface area contributed by atoms with Crippen LogP contribution in [0.2, 0.25) is 0 Å². The standard InChI is InChI=1S/C16H18N4O2/c1-21-15-4-2-3-13(9-15)11-22-14-7-5-12(6-8-14)10-19-20-16(17)18/h2-10H,11H2,1H3,(H4,17,18,20). The maximum absolute atomic E-state index is 5.72. The fraction of sp³-hybridized carbons (Fsp3) is 0.125. The Kier molecular flexibility index (Phi) is 5.37. The van der Waals surface area contributed by atoms with Gasteiger partial charge in [0.2, 0.25) is 5.96 Å². The summed E-state index contributed by atoms with van der Waals surface area (Å²) in [6, 6.07) is 15.2. The topological polar surface area (TPSA) is 95.2 Å². The van der Waals surface area contributed by atoms with Crippen LogP contribution in [0.15, 0.2) is 58.7 Å². The van der Waals surface area contributed by atoms with E-state index in [1.807, 2.05) is 48.5 Å². The van der Waals surface area contributed by atoms with Crippen molar-refractivity contribution < 1.29 is 9.47 Å². The molecule has 0 unspecified atom stereocenters. The third-order valence-corrected chi connectivity index (χ3v) is 2.80. The number of nitrogens with zero attached hydrogens (tertiary/aromatic N) is 2. The third-order valence-electron chi connectivity index (χ3n) is 2.80. The second-order valence-corrected chi connectivity index (χ2v) is 4.48. The lowest BCUT2D eigenvalue weighted by Gasteiger charge is -2.07. The van der Waals surface area contributed by atoms with Crippen LogP contribution < -0.4 is 20.9 Å². The largest absolute Gasteiger partial charge is 0.497 e. The Labute approximate surface area is 129 Å². The van der Waals surface area contributed by atoms with Crippen molar-refractivity contribution in [2.24, 2.45) is 21.7 Å². The summed E-state index contributed by atoms with van der Waals surface area (Å²) in [5.74, 6) is 1.50. The summed E-state index contributed by atoms with van der Waals surface area (Å²) in [5, 5.41) is 7.27. The van der Waals surface area contributed by atoms with E-state index in [4.69, 9.17) is 20.9 Å². The van der Waals surface area contributed by atoms with Gasteiger partial charge in [0.25, 0.3) is 0 Å². The molecule has 0 amide bonds. The first kappa shape index (κ1) is 15.4. The summed E-state index contributed by atoms with van der Waals surface area (Å²) in [5.41, 5.74) is 12.3. The maximum Gasteiger partial charge on any atom is 0.211 e. The normalized spacial score (nSPS) is 10.4. The van der Waals surface area contributed by atoms with Crippen LogP contribution in [0, 0.1) is 0 Å². The zero-order chi connectivity index (χ0) is 15.8. The van der Waals surface area contributed by atoms with Crippen LogP contribution in [-0.4, -0.2) is 19.3 Å². The third kappa shape index (κ3) is 4.82. The molecule has 0 heterocycles. The number of hydrogen-bond acceptors (Lipinski definition) is 4. The van der Waals surface area contributed by atoms with E-state index in [2.05, 4.69) is 10.2 Å². The quantitative estimate of drug-likeness (QED) is 0.483. The van der Waals surface area contributed by atoms with Crippen molar-refractivity contribution in [1.29, 1.82) is 0 Å². The van der Waals surface area contributed by atoms with Crippen LogP contribution in [-0.2, 0) is 6.61 Å². The Balaban J connectivity index is 1.93. The summed E-state index contributed by atoms with van der Waals surface area (Å²) in [6.07, 6.45) is 1.56. The highest BCUT2D eigenvalue weighted by Crippen LogP contribution is 2.16. The first-order chi connectivity index (χ1) is 10.7. The van der Waals surface area contributed by atoms with Crippen molar-refractivity contribution in [3.05, 3.63) is 59.7 Å². The number of methoxy groups -OCH3 is 1. The van der Waals surface area contributed by atoms with E-state index in [9.17, 15) is 0 Å². The van der Waals surface area contributed by atoms with Crippen LogP contribution >= 0.6 is 0 Å². The molecule has 2 aromatic carbocycles. The average molecular weight is 298 g/mol. The molecule has 0 radical (unpaired) electrons. The van der Waals surface area contributed by atoms with Gasteiger partial charge in [-0.15, -0.1) is 5.10 Å². The Hall–Kier alpha value is -3.02. The number of rotatable bonds is 6. The molecule has 0 bridgehead atoms. The molecule has 0 aromatic heterocycles. The second-order valence-electron chi connectivity index (χ2n) is 4.48. The molecule has 0 aliphatic heterocycles. The van der Waals surface area contributed by atoms with Crippen molar-refractivity contribution in [2.45, 2.75) is 6.61 Å². The fourth-order valence-electron chi connectivity index (χ4n) is 1.74. The van der Waals surface area contributed by atoms with Gasteiger partial charge in [0.15, 0.2) is 0 Å². The molecule has 0 saturated heterocycles. The Morgan fingerprint density at radius 1 is 1.09 bits per heavy atom. The van der Waals surface area contributed by atoms with E-state index >= 15 is 0 Å². The van der Waals surface area contributed by atoms with Crippen LogP contribution in [0.25, 0.3) is 0 Å². The first-order valence-corrected chi connectivity index (χ1v) is 6.65. The van der Waals surface area contributed by atoms with Crippen molar-refractivity contribution >= 4 is 12.2 Å². The lowest BCUT2D eigenvalue weighted by atomic mass is 10.2. The molecule has 6 nitrogen and oxygen atoms in total. The molecule has 6 heteroatoms. The van der Waals surface area contributed by atoms with Crippen LogP contribution in [0.4, 0.5) is 0 Å². The minimum Gasteiger partial charge on any atom is -0.497 e. The van der Waals surface area contributed by atoms with Crippen molar-refractivity contribution in [2.75, 3.05) is 7.11 Å². The minimum absolute atomic E-state index is 0.0745. The maximum atomic E-state index is 5.72. The second kappa shape index (κ2) is 7.68. The van der Waals surface area contributed by atoms with Gasteiger partial charge in [-0.3, -0.25) is 0 Å². The molecule has 114 valence electrons. The molecule has 4 N–H and O–H groups in total. The highest BCUT2D eigenvalue weighted by atomic mass is 16.5. The van der Waals surface area contributed by atoms with Gasteiger partial charge in [0.1, 0.15) is 18.1 Å². The van der Waals surface area contributed by atoms with Gasteiger partial charge in [0, 0.05) is 0 Å². The summed E-state index contributed by atoms with van der Waals surface area (Å²) >= 11 is 0. The summed E-state index contributed by atoms with van der Waals surface area (Å²) in [7, 11) is 1.64. The highest BCUT2D eigenvalue weighted by Gasteiger charge is 1.98. The summed E-state index contributed by atoms with van der Waals surface area (Å²) in [4.78, 5) is 0. The molecule has 2 rings (SSSR count). The molecular formula is C16H18N4O2. The highest BCUT2D eigenvalue weighted by molar-refractivity contribution is 5.81. The molecule has 0 fully saturated rings. The molecule has 22 heavy (non-hydrogen) atoms. The van der Waals surface area contributed by atoms with Gasteiger partial charge in [-0.1, -0.05) is 12.1 Å². The SMILES string of the molecule is COc1cccc(COc2ccc(C=NN=C(N)N)cc2)c1. The van der Waals surface area contributed by atoms with E-state index in [-0.39, 0.29) is 5.96 Å². The van der Waals surface area contributed by atoms with Crippen LogP contribution in [0.1, 0.15) is 11.1 Å². The molecule has 0 aliphatic carbocycles. The lowest BCUT2D eigenvalue weighted by Crippen LogP contribution is -2.21. The van der Waals surface area contributed by atoms with E-state index in [1.165, 1.54) is 0 Å². The Morgan fingerprint density at radius 3 is 2.55 bits per heavy atom. The monoisotopic (exact) mass is 298 g/mol. The number of ether oxygens (including phenoxy) is 2. The molecule has 0 aliphatic rings. The van der Waals surface area contributed by atoms with E-state index in [1.54, 1.807) is 13.3 Å². The van der Waals surface area contributed by atoms with Gasteiger partial charge in [-0.25, -0.2) is 0 Å². The van der Waals surface area contributed by atoms with Crippen molar-refractivity contribution in [3.63, 3.8) is 0 Å². The predicted octanol–water partition coefficient (Wildman–Crippen LogP) is 1.88. The number of nitrogens with two attached hydrogens (primary N) is 2. The number of hydrogen-bond donors (Lipinski definition) is 2. The van der Waals surface area contributed by atoms with E-state index in [0.717, 1.165) is 22.6 Å². The van der Waals surface area contributed by atoms with E-state index < -0.39 is 0 Å². The van der Waals surface area contributed by atoms with E-state index in [0.29, 0.717) is 6.61 Å².